The average molecular weight is 229 g/mol. The van der Waals surface area contributed by atoms with E-state index in [2.05, 4.69) is 0 Å². The summed E-state index contributed by atoms with van der Waals surface area (Å²) in [5.41, 5.74) is -0.997. The highest BCUT2D eigenvalue weighted by molar-refractivity contribution is 5.68. The molecule has 5 nitrogen and oxygen atoms in total. The van der Waals surface area contributed by atoms with Crippen LogP contribution in [-0.4, -0.2) is 53.1 Å². The molecule has 2 aliphatic heterocycles. The Morgan fingerprint density at radius 2 is 2.25 bits per heavy atom. The fraction of sp³-hybridized carbons (Fsp3) is 0.909. The Morgan fingerprint density at radius 1 is 1.56 bits per heavy atom. The monoisotopic (exact) mass is 229 g/mol. The van der Waals surface area contributed by atoms with Crippen molar-refractivity contribution < 1.29 is 19.4 Å². The number of aliphatic hydroxyl groups is 1. The van der Waals surface area contributed by atoms with Crippen molar-refractivity contribution in [1.29, 1.82) is 0 Å². The van der Waals surface area contributed by atoms with E-state index in [1.807, 2.05) is 20.8 Å². The van der Waals surface area contributed by atoms with Crippen LogP contribution < -0.4 is 0 Å². The number of hydrogen-bond acceptors (Lipinski definition) is 4. The molecule has 1 amide bonds. The highest BCUT2D eigenvalue weighted by Gasteiger charge is 2.53. The molecule has 0 aromatic rings. The Hall–Kier alpha value is -0.810. The van der Waals surface area contributed by atoms with Crippen LogP contribution in [0.15, 0.2) is 0 Å². The van der Waals surface area contributed by atoms with Crippen LogP contribution in [0.2, 0.25) is 0 Å². The smallest absolute Gasteiger partial charge is 0.410 e. The van der Waals surface area contributed by atoms with Crippen LogP contribution in [-0.2, 0) is 9.47 Å². The maximum absolute atomic E-state index is 11.8. The van der Waals surface area contributed by atoms with E-state index in [0.29, 0.717) is 26.1 Å². The van der Waals surface area contributed by atoms with Gasteiger partial charge in [-0.3, -0.25) is 0 Å². The normalized spacial score (nSPS) is 34.0. The maximum Gasteiger partial charge on any atom is 0.410 e. The second-order valence-corrected chi connectivity index (χ2v) is 5.54. The van der Waals surface area contributed by atoms with Crippen LogP contribution in [0.4, 0.5) is 4.79 Å². The minimum absolute atomic E-state index is 0.327. The van der Waals surface area contributed by atoms with E-state index in [-0.39, 0.29) is 6.09 Å². The zero-order chi connectivity index (χ0) is 12.0. The van der Waals surface area contributed by atoms with Gasteiger partial charge < -0.3 is 19.5 Å². The van der Waals surface area contributed by atoms with Gasteiger partial charge in [-0.25, -0.2) is 4.79 Å². The van der Waals surface area contributed by atoms with Gasteiger partial charge in [-0.1, -0.05) is 0 Å². The van der Waals surface area contributed by atoms with Crippen molar-refractivity contribution in [2.45, 2.75) is 44.5 Å². The number of ether oxygens (including phenoxy) is 2. The molecule has 5 heteroatoms. The molecular weight excluding hydrogens is 210 g/mol. The molecule has 2 fully saturated rings. The Morgan fingerprint density at radius 3 is 2.62 bits per heavy atom. The molecule has 16 heavy (non-hydrogen) atoms. The molecule has 2 atom stereocenters. The predicted octanol–water partition coefficient (Wildman–Crippen LogP) is 0.757. The Balaban J connectivity index is 1.91. The second-order valence-electron chi connectivity index (χ2n) is 5.54. The van der Waals surface area contributed by atoms with Gasteiger partial charge >= 0.3 is 6.09 Å². The third-order valence-electron chi connectivity index (χ3n) is 3.05. The summed E-state index contributed by atoms with van der Waals surface area (Å²) in [4.78, 5) is 13.4. The predicted molar refractivity (Wildman–Crippen MR) is 57.1 cm³/mol. The molecule has 0 radical (unpaired) electrons. The van der Waals surface area contributed by atoms with E-state index in [1.165, 1.54) is 0 Å². The average Bonchev–Trinajstić information content (AvgIpc) is 2.59. The van der Waals surface area contributed by atoms with Gasteiger partial charge in [0.2, 0.25) is 0 Å². The molecule has 92 valence electrons. The minimum atomic E-state index is -0.517. The van der Waals surface area contributed by atoms with E-state index in [1.54, 1.807) is 4.90 Å². The van der Waals surface area contributed by atoms with Gasteiger partial charge in [0.15, 0.2) is 0 Å². The zero-order valence-corrected chi connectivity index (χ0v) is 10.0. The largest absolute Gasteiger partial charge is 0.444 e. The molecular formula is C11H19NO4. The lowest BCUT2D eigenvalue weighted by Crippen LogP contribution is -2.59. The highest BCUT2D eigenvalue weighted by Crippen LogP contribution is 2.36. The number of aliphatic hydroxyl groups excluding tert-OH is 1. The van der Waals surface area contributed by atoms with E-state index >= 15 is 0 Å². The van der Waals surface area contributed by atoms with Gasteiger partial charge in [-0.05, 0) is 27.2 Å². The molecule has 0 aliphatic carbocycles. The number of rotatable bonds is 0. The lowest BCUT2D eigenvalue weighted by atomic mass is 9.91. The maximum atomic E-state index is 11.8. The first-order chi connectivity index (χ1) is 7.32. The number of carbonyl (C=O) groups is 1. The molecule has 0 bridgehead atoms. The van der Waals surface area contributed by atoms with Gasteiger partial charge in [0.25, 0.3) is 0 Å². The number of nitrogens with zero attached hydrogens (tertiary/aromatic N) is 1. The summed E-state index contributed by atoms with van der Waals surface area (Å²) in [5, 5.41) is 9.63. The Kier molecular flexibility index (Phi) is 2.62. The van der Waals surface area contributed by atoms with E-state index in [4.69, 9.17) is 9.47 Å². The summed E-state index contributed by atoms with van der Waals surface area (Å²) in [5.74, 6) is 0. The molecule has 0 saturated carbocycles. The van der Waals surface area contributed by atoms with Gasteiger partial charge in [0, 0.05) is 6.54 Å². The van der Waals surface area contributed by atoms with Crippen molar-refractivity contribution in [3.8, 4) is 0 Å². The van der Waals surface area contributed by atoms with Crippen LogP contribution >= 0.6 is 0 Å². The van der Waals surface area contributed by atoms with Gasteiger partial charge in [-0.15, -0.1) is 0 Å². The molecule has 2 unspecified atom stereocenters. The summed E-state index contributed by atoms with van der Waals surface area (Å²) in [7, 11) is 0. The first-order valence-electron chi connectivity index (χ1n) is 5.62. The molecule has 1 spiro atoms. The van der Waals surface area contributed by atoms with Crippen LogP contribution in [0.1, 0.15) is 27.2 Å². The summed E-state index contributed by atoms with van der Waals surface area (Å²) >= 11 is 0. The lowest BCUT2D eigenvalue weighted by molar-refractivity contribution is -0.229. The van der Waals surface area contributed by atoms with Crippen LogP contribution in [0.5, 0.6) is 0 Å². The van der Waals surface area contributed by atoms with Crippen molar-refractivity contribution in [3.05, 3.63) is 0 Å². The standard InChI is InChI=1S/C11H19NO4/c1-10(2,3)16-9(14)12-5-4-11(7-12)8(13)6-15-11/h8,13H,4-7H2,1-3H3. The van der Waals surface area contributed by atoms with E-state index in [0.717, 1.165) is 0 Å². The van der Waals surface area contributed by atoms with Crippen molar-refractivity contribution in [2.75, 3.05) is 19.7 Å². The third kappa shape index (κ3) is 2.01. The van der Waals surface area contributed by atoms with Crippen LogP contribution in [0.25, 0.3) is 0 Å². The number of carbonyl (C=O) groups excluding carboxylic acids is 1. The molecule has 2 rings (SSSR count). The molecule has 1 N–H and O–H groups in total. The quantitative estimate of drug-likeness (QED) is 0.666. The molecule has 2 saturated heterocycles. The topological polar surface area (TPSA) is 59.0 Å². The number of amides is 1. The summed E-state index contributed by atoms with van der Waals surface area (Å²) in [6.45, 7) is 6.92. The fourth-order valence-electron chi connectivity index (χ4n) is 2.07. The second kappa shape index (κ2) is 3.60. The van der Waals surface area contributed by atoms with Crippen molar-refractivity contribution in [2.24, 2.45) is 0 Å². The van der Waals surface area contributed by atoms with E-state index < -0.39 is 17.3 Å². The summed E-state index contributed by atoms with van der Waals surface area (Å²) in [6.07, 6.45) is -0.0834. The summed E-state index contributed by atoms with van der Waals surface area (Å²) < 4.78 is 10.7. The van der Waals surface area contributed by atoms with Crippen molar-refractivity contribution in [3.63, 3.8) is 0 Å². The molecule has 2 heterocycles. The van der Waals surface area contributed by atoms with Crippen molar-refractivity contribution >= 4 is 6.09 Å². The molecule has 2 aliphatic rings. The Labute approximate surface area is 95.3 Å². The molecule has 0 aromatic carbocycles. The first-order valence-corrected chi connectivity index (χ1v) is 5.62. The first kappa shape index (κ1) is 11.7. The number of likely N-dealkylation sites (tertiary alicyclic amines) is 1. The van der Waals surface area contributed by atoms with Gasteiger partial charge in [-0.2, -0.15) is 0 Å². The minimum Gasteiger partial charge on any atom is -0.444 e. The van der Waals surface area contributed by atoms with Crippen LogP contribution in [0, 0.1) is 0 Å². The lowest BCUT2D eigenvalue weighted by Gasteiger charge is -2.43. The van der Waals surface area contributed by atoms with Gasteiger partial charge in [0.05, 0.1) is 13.2 Å². The van der Waals surface area contributed by atoms with Gasteiger partial charge in [0.1, 0.15) is 17.3 Å². The third-order valence-corrected chi connectivity index (χ3v) is 3.05. The van der Waals surface area contributed by atoms with E-state index in [9.17, 15) is 9.90 Å². The SMILES string of the molecule is CC(C)(C)OC(=O)N1CCC2(C1)OCC2O. The number of hydrogen-bond donors (Lipinski definition) is 1. The fourth-order valence-corrected chi connectivity index (χ4v) is 2.07. The highest BCUT2D eigenvalue weighted by atomic mass is 16.6. The molecule has 0 aromatic heterocycles. The zero-order valence-electron chi connectivity index (χ0n) is 10.0. The summed E-state index contributed by atoms with van der Waals surface area (Å²) in [6, 6.07) is 0. The van der Waals surface area contributed by atoms with Crippen LogP contribution in [0.3, 0.4) is 0 Å². The Bertz CT molecular complexity index is 299. The van der Waals surface area contributed by atoms with Crippen molar-refractivity contribution in [1.82, 2.24) is 4.90 Å².